The first-order chi connectivity index (χ1) is 16.9. The molecule has 8 heteroatoms. The predicted molar refractivity (Wildman–Crippen MR) is 138 cm³/mol. The molecule has 1 atom stereocenters. The van der Waals surface area contributed by atoms with Crippen molar-refractivity contribution in [3.05, 3.63) is 103 Å². The number of rotatable bonds is 6. The van der Waals surface area contributed by atoms with Crippen LogP contribution < -0.4 is 10.5 Å². The lowest BCUT2D eigenvalue weighted by molar-refractivity contribution is 0.597. The highest BCUT2D eigenvalue weighted by Crippen LogP contribution is 2.38. The Morgan fingerprint density at radius 2 is 1.54 bits per heavy atom. The third-order valence-electron chi connectivity index (χ3n) is 5.86. The number of anilines is 1. The molecule has 2 heterocycles. The summed E-state index contributed by atoms with van der Waals surface area (Å²) in [7, 11) is -3.92. The molecular weight excluding hydrogens is 458 g/mol. The normalized spacial score (nSPS) is 12.4. The van der Waals surface area contributed by atoms with Crippen LogP contribution >= 0.6 is 0 Å². The van der Waals surface area contributed by atoms with E-state index in [0.29, 0.717) is 17.1 Å². The fraction of sp³-hybridized carbons (Fsp3) is 0.0741. The second-order valence-corrected chi connectivity index (χ2v) is 9.78. The van der Waals surface area contributed by atoms with Gasteiger partial charge in [-0.25, -0.2) is 13.6 Å². The van der Waals surface area contributed by atoms with Crippen LogP contribution in [0.4, 0.5) is 5.82 Å². The summed E-state index contributed by atoms with van der Waals surface area (Å²) in [6, 6.07) is 27.5. The third-order valence-corrected chi connectivity index (χ3v) is 6.74. The van der Waals surface area contributed by atoms with Gasteiger partial charge in [-0.05, 0) is 29.7 Å². The largest absolute Gasteiger partial charge is 0.362 e. The van der Waals surface area contributed by atoms with Crippen molar-refractivity contribution < 1.29 is 8.42 Å². The summed E-state index contributed by atoms with van der Waals surface area (Å²) in [6.07, 6.45) is 2.79. The first kappa shape index (κ1) is 22.6. The van der Waals surface area contributed by atoms with E-state index in [1.54, 1.807) is 6.20 Å². The molecule has 3 N–H and O–H groups in total. The van der Waals surface area contributed by atoms with E-state index < -0.39 is 10.0 Å². The summed E-state index contributed by atoms with van der Waals surface area (Å²) in [5.41, 5.74) is 4.17. The third kappa shape index (κ3) is 4.62. The van der Waals surface area contributed by atoms with Gasteiger partial charge in [-0.2, -0.15) is 0 Å². The molecule has 174 valence electrons. The molecule has 0 aliphatic rings. The van der Waals surface area contributed by atoms with Gasteiger partial charge in [0, 0.05) is 28.7 Å². The maximum atomic E-state index is 11.9. The first-order valence-corrected chi connectivity index (χ1v) is 12.6. The average Bonchev–Trinajstić information content (AvgIpc) is 2.89. The van der Waals surface area contributed by atoms with Gasteiger partial charge >= 0.3 is 0 Å². The summed E-state index contributed by atoms with van der Waals surface area (Å²) in [5.74, 6) is 0.634. The Hall–Kier alpha value is -4.14. The maximum Gasteiger partial charge on any atom is 0.239 e. The van der Waals surface area contributed by atoms with Crippen molar-refractivity contribution in [3.8, 4) is 22.4 Å². The van der Waals surface area contributed by atoms with Crippen molar-refractivity contribution in [2.24, 2.45) is 5.14 Å². The van der Waals surface area contributed by atoms with Crippen LogP contribution in [0.3, 0.4) is 0 Å². The summed E-state index contributed by atoms with van der Waals surface area (Å²) in [4.78, 5) is 4.00. The molecule has 0 bridgehead atoms. The second-order valence-electron chi connectivity index (χ2n) is 8.22. The highest BCUT2D eigenvalue weighted by atomic mass is 32.2. The molecule has 0 amide bonds. The van der Waals surface area contributed by atoms with Crippen LogP contribution in [0.1, 0.15) is 18.5 Å². The van der Waals surface area contributed by atoms with Crippen molar-refractivity contribution in [2.75, 3.05) is 5.32 Å². The van der Waals surface area contributed by atoms with Crippen molar-refractivity contribution in [1.82, 2.24) is 15.2 Å². The van der Waals surface area contributed by atoms with Gasteiger partial charge in [-0.1, -0.05) is 78.9 Å². The Morgan fingerprint density at radius 1 is 0.829 bits per heavy atom. The Labute approximate surface area is 203 Å². The lowest BCUT2D eigenvalue weighted by atomic mass is 9.96. The monoisotopic (exact) mass is 481 g/mol. The van der Waals surface area contributed by atoms with Gasteiger partial charge in [0.05, 0.1) is 6.04 Å². The van der Waals surface area contributed by atoms with Gasteiger partial charge in [0.1, 0.15) is 10.6 Å². The molecule has 0 saturated heterocycles. The number of hydrogen-bond acceptors (Lipinski definition) is 6. The van der Waals surface area contributed by atoms with E-state index in [1.807, 2.05) is 66.7 Å². The van der Waals surface area contributed by atoms with Gasteiger partial charge in [-0.3, -0.25) is 4.98 Å². The summed E-state index contributed by atoms with van der Waals surface area (Å²) < 4.78 is 23.8. The number of nitrogens with one attached hydrogen (secondary N) is 1. The van der Waals surface area contributed by atoms with E-state index in [1.165, 1.54) is 12.3 Å². The van der Waals surface area contributed by atoms with E-state index in [2.05, 4.69) is 39.6 Å². The first-order valence-electron chi connectivity index (χ1n) is 11.1. The summed E-state index contributed by atoms with van der Waals surface area (Å²) >= 11 is 0. The zero-order chi connectivity index (χ0) is 24.4. The van der Waals surface area contributed by atoms with Crippen LogP contribution in [0, 0.1) is 0 Å². The van der Waals surface area contributed by atoms with Crippen molar-refractivity contribution in [1.29, 1.82) is 0 Å². The van der Waals surface area contributed by atoms with Crippen molar-refractivity contribution in [2.45, 2.75) is 17.9 Å². The molecule has 3 aromatic carbocycles. The molecule has 0 radical (unpaired) electrons. The molecule has 0 fully saturated rings. The molecule has 5 rings (SSSR count). The number of fused-ring (bicyclic) bond motifs is 1. The Balaban J connectivity index is 1.73. The number of benzene rings is 3. The van der Waals surface area contributed by atoms with E-state index in [9.17, 15) is 8.42 Å². The smallest absolute Gasteiger partial charge is 0.239 e. The number of sulfonamides is 1. The molecule has 1 unspecified atom stereocenters. The Bertz CT molecular complexity index is 1610. The van der Waals surface area contributed by atoms with Crippen LogP contribution in [0.5, 0.6) is 0 Å². The predicted octanol–water partition coefficient (Wildman–Crippen LogP) is 5.18. The highest BCUT2D eigenvalue weighted by molar-refractivity contribution is 7.89. The zero-order valence-electron chi connectivity index (χ0n) is 19.0. The maximum absolute atomic E-state index is 11.9. The van der Waals surface area contributed by atoms with E-state index in [0.717, 1.165) is 27.5 Å². The second kappa shape index (κ2) is 9.25. The van der Waals surface area contributed by atoms with Gasteiger partial charge < -0.3 is 5.32 Å². The minimum atomic E-state index is -3.92. The van der Waals surface area contributed by atoms with Gasteiger partial charge in [0.15, 0.2) is 5.82 Å². The minimum Gasteiger partial charge on any atom is -0.362 e. The molecule has 0 saturated carbocycles. The standard InChI is InChI=1S/C27H23N5O2S/c1-18(19-9-4-2-5-10-19)30-27-25-23(20-11-6-3-7-12-20)13-8-14-24(25)26(31-32-27)21-15-22(17-29-16-21)35(28,33)34/h2-18H,1H3,(H,30,32)(H2,28,33,34). The van der Waals surface area contributed by atoms with Crippen molar-refractivity contribution in [3.63, 3.8) is 0 Å². The van der Waals surface area contributed by atoms with Gasteiger partial charge in [0.2, 0.25) is 10.0 Å². The number of hydrogen-bond donors (Lipinski definition) is 2. The van der Waals surface area contributed by atoms with E-state index in [-0.39, 0.29) is 10.9 Å². The number of aromatic nitrogens is 3. The number of nitrogens with two attached hydrogens (primary N) is 1. The molecule has 5 aromatic rings. The number of primary sulfonamides is 1. The molecule has 0 aliphatic carbocycles. The molecular formula is C27H23N5O2S. The van der Waals surface area contributed by atoms with Crippen molar-refractivity contribution >= 4 is 26.6 Å². The number of nitrogens with zero attached hydrogens (tertiary/aromatic N) is 3. The van der Waals surface area contributed by atoms with Gasteiger partial charge in [-0.15, -0.1) is 10.2 Å². The molecule has 7 nitrogen and oxygen atoms in total. The fourth-order valence-electron chi connectivity index (χ4n) is 4.12. The Morgan fingerprint density at radius 3 is 2.26 bits per heavy atom. The average molecular weight is 482 g/mol. The quantitative estimate of drug-likeness (QED) is 0.346. The molecule has 0 spiro atoms. The van der Waals surface area contributed by atoms with Crippen LogP contribution in [0.15, 0.2) is 102 Å². The van der Waals surface area contributed by atoms with E-state index in [4.69, 9.17) is 5.14 Å². The zero-order valence-corrected chi connectivity index (χ0v) is 19.8. The lowest BCUT2D eigenvalue weighted by Crippen LogP contribution is -2.12. The highest BCUT2D eigenvalue weighted by Gasteiger charge is 2.19. The molecule has 35 heavy (non-hydrogen) atoms. The van der Waals surface area contributed by atoms with Crippen LogP contribution in [-0.2, 0) is 10.0 Å². The number of pyridine rings is 1. The lowest BCUT2D eigenvalue weighted by Gasteiger charge is -2.19. The van der Waals surface area contributed by atoms with Crippen LogP contribution in [0.2, 0.25) is 0 Å². The summed E-state index contributed by atoms with van der Waals surface area (Å²) in [6.45, 7) is 2.07. The fourth-order valence-corrected chi connectivity index (χ4v) is 4.61. The van der Waals surface area contributed by atoms with Crippen LogP contribution in [-0.4, -0.2) is 23.6 Å². The molecule has 2 aromatic heterocycles. The van der Waals surface area contributed by atoms with Crippen LogP contribution in [0.25, 0.3) is 33.2 Å². The molecule has 0 aliphatic heterocycles. The topological polar surface area (TPSA) is 111 Å². The SMILES string of the molecule is CC(Nc1nnc(-c2cncc(S(N)(=O)=O)c2)c2cccc(-c3ccccc3)c12)c1ccccc1. The minimum absolute atomic E-state index is 0.0178. The van der Waals surface area contributed by atoms with Gasteiger partial charge in [0.25, 0.3) is 0 Å². The Kier molecular flexibility index (Phi) is 5.98. The summed E-state index contributed by atoms with van der Waals surface area (Å²) in [5, 5.41) is 19.6. The van der Waals surface area contributed by atoms with E-state index >= 15 is 0 Å².